The third-order valence-corrected chi connectivity index (χ3v) is 2.37. The van der Waals surface area contributed by atoms with E-state index in [-0.39, 0.29) is 0 Å². The number of hydrogen-bond donors (Lipinski definition) is 1. The van der Waals surface area contributed by atoms with Crippen LogP contribution in [0.2, 0.25) is 0 Å². The summed E-state index contributed by atoms with van der Waals surface area (Å²) >= 11 is 0. The molecule has 0 aliphatic heterocycles. The van der Waals surface area contributed by atoms with Crippen LogP contribution in [-0.2, 0) is 0 Å². The zero-order chi connectivity index (χ0) is 10.3. The Morgan fingerprint density at radius 2 is 2.20 bits per heavy atom. The van der Waals surface area contributed by atoms with Gasteiger partial charge in [0, 0.05) is 12.4 Å². The molecule has 3 aromatic rings. The van der Waals surface area contributed by atoms with Gasteiger partial charge in [-0.25, -0.2) is 9.97 Å². The number of nitrogens with one attached hydrogen (secondary N) is 1. The molecule has 0 spiro atoms. The number of rotatable bonds is 1. The summed E-state index contributed by atoms with van der Waals surface area (Å²) in [4.78, 5) is 11.8. The summed E-state index contributed by atoms with van der Waals surface area (Å²) < 4.78 is 1.92. The van der Waals surface area contributed by atoms with E-state index in [1.807, 2.05) is 42.1 Å². The van der Waals surface area contributed by atoms with Gasteiger partial charge in [-0.1, -0.05) is 0 Å². The zero-order valence-corrected chi connectivity index (χ0v) is 8.31. The molecule has 4 nitrogen and oxygen atoms in total. The van der Waals surface area contributed by atoms with Gasteiger partial charge in [-0.05, 0) is 25.1 Å². The van der Waals surface area contributed by atoms with Crippen molar-refractivity contribution < 1.29 is 0 Å². The maximum Gasteiger partial charge on any atom is 0.138 e. The van der Waals surface area contributed by atoms with Gasteiger partial charge in [-0.2, -0.15) is 0 Å². The van der Waals surface area contributed by atoms with Crippen molar-refractivity contribution in [2.75, 3.05) is 0 Å². The van der Waals surface area contributed by atoms with Crippen LogP contribution in [0.5, 0.6) is 0 Å². The summed E-state index contributed by atoms with van der Waals surface area (Å²) in [6, 6.07) is 5.95. The third-order valence-electron chi connectivity index (χ3n) is 2.37. The highest BCUT2D eigenvalue weighted by molar-refractivity contribution is 5.75. The third kappa shape index (κ3) is 1.30. The zero-order valence-electron chi connectivity index (χ0n) is 8.31. The van der Waals surface area contributed by atoms with Crippen molar-refractivity contribution in [3.8, 4) is 5.82 Å². The number of aromatic amines is 1. The van der Waals surface area contributed by atoms with Gasteiger partial charge in [0.2, 0.25) is 0 Å². The van der Waals surface area contributed by atoms with E-state index in [9.17, 15) is 0 Å². The van der Waals surface area contributed by atoms with Crippen LogP contribution < -0.4 is 0 Å². The Kier molecular flexibility index (Phi) is 1.62. The van der Waals surface area contributed by atoms with Gasteiger partial charge in [-0.3, -0.25) is 4.57 Å². The summed E-state index contributed by atoms with van der Waals surface area (Å²) in [7, 11) is 0. The molecule has 3 aromatic heterocycles. The van der Waals surface area contributed by atoms with E-state index in [1.165, 1.54) is 0 Å². The van der Waals surface area contributed by atoms with E-state index in [4.69, 9.17) is 0 Å². The molecule has 4 heteroatoms. The first kappa shape index (κ1) is 8.23. The van der Waals surface area contributed by atoms with Crippen LogP contribution in [0, 0.1) is 6.92 Å². The Labute approximate surface area is 86.6 Å². The van der Waals surface area contributed by atoms with Crippen LogP contribution in [0.15, 0.2) is 36.9 Å². The molecule has 0 unspecified atom stereocenters. The van der Waals surface area contributed by atoms with Crippen molar-refractivity contribution in [1.29, 1.82) is 0 Å². The lowest BCUT2D eigenvalue weighted by Gasteiger charge is -1.99. The van der Waals surface area contributed by atoms with Gasteiger partial charge in [-0.15, -0.1) is 0 Å². The lowest BCUT2D eigenvalue weighted by Crippen LogP contribution is -1.93. The van der Waals surface area contributed by atoms with E-state index in [1.54, 1.807) is 6.33 Å². The highest BCUT2D eigenvalue weighted by Crippen LogP contribution is 2.13. The van der Waals surface area contributed by atoms with E-state index in [0.29, 0.717) is 0 Å². The van der Waals surface area contributed by atoms with Crippen molar-refractivity contribution in [1.82, 2.24) is 19.5 Å². The van der Waals surface area contributed by atoms with Crippen molar-refractivity contribution >= 4 is 11.0 Å². The number of hydrogen-bond acceptors (Lipinski definition) is 2. The van der Waals surface area contributed by atoms with Crippen molar-refractivity contribution in [2.24, 2.45) is 0 Å². The monoisotopic (exact) mass is 198 g/mol. The van der Waals surface area contributed by atoms with Crippen LogP contribution in [0.3, 0.4) is 0 Å². The minimum absolute atomic E-state index is 0.891. The second-order valence-corrected chi connectivity index (χ2v) is 3.50. The Morgan fingerprint density at radius 3 is 3.00 bits per heavy atom. The summed E-state index contributed by atoms with van der Waals surface area (Å²) in [6.45, 7) is 1.96. The number of pyridine rings is 1. The maximum atomic E-state index is 4.51. The lowest BCUT2D eigenvalue weighted by molar-refractivity contribution is 1.01. The first-order chi connectivity index (χ1) is 7.33. The van der Waals surface area contributed by atoms with Gasteiger partial charge in [0.05, 0.1) is 16.7 Å². The highest BCUT2D eigenvalue weighted by Gasteiger charge is 2.01. The first-order valence-corrected chi connectivity index (χ1v) is 4.78. The molecular formula is C11H10N4. The van der Waals surface area contributed by atoms with E-state index in [0.717, 1.165) is 22.5 Å². The summed E-state index contributed by atoms with van der Waals surface area (Å²) in [6.07, 6.45) is 5.62. The van der Waals surface area contributed by atoms with Gasteiger partial charge < -0.3 is 4.98 Å². The lowest BCUT2D eigenvalue weighted by atomic mass is 10.4. The first-order valence-electron chi connectivity index (χ1n) is 4.78. The molecule has 0 bridgehead atoms. The largest absolute Gasteiger partial charge is 0.360 e. The molecule has 0 saturated heterocycles. The maximum absolute atomic E-state index is 4.51. The summed E-state index contributed by atoms with van der Waals surface area (Å²) in [5, 5.41) is 0. The SMILES string of the molecule is Cc1cn(-c2ccc3[nH]ccc3n2)cn1. The smallest absolute Gasteiger partial charge is 0.138 e. The molecule has 3 rings (SSSR count). The molecule has 0 fully saturated rings. The van der Waals surface area contributed by atoms with Crippen LogP contribution in [0.1, 0.15) is 5.69 Å². The number of imidazole rings is 1. The molecule has 15 heavy (non-hydrogen) atoms. The minimum Gasteiger partial charge on any atom is -0.360 e. The van der Waals surface area contributed by atoms with Crippen LogP contribution in [0.25, 0.3) is 16.9 Å². The van der Waals surface area contributed by atoms with Gasteiger partial charge >= 0.3 is 0 Å². The molecule has 0 aromatic carbocycles. The van der Waals surface area contributed by atoms with Crippen LogP contribution in [0.4, 0.5) is 0 Å². The van der Waals surface area contributed by atoms with Crippen LogP contribution >= 0.6 is 0 Å². The molecule has 0 atom stereocenters. The predicted octanol–water partition coefficient (Wildman–Crippen LogP) is 2.06. The Balaban J connectivity index is 2.18. The van der Waals surface area contributed by atoms with E-state index >= 15 is 0 Å². The molecule has 3 heterocycles. The molecular weight excluding hydrogens is 188 g/mol. The fraction of sp³-hybridized carbons (Fsp3) is 0.0909. The van der Waals surface area contributed by atoms with Crippen molar-refractivity contribution in [3.05, 3.63) is 42.6 Å². The van der Waals surface area contributed by atoms with Gasteiger partial charge in [0.15, 0.2) is 0 Å². The molecule has 1 N–H and O–H groups in total. The molecule has 0 aliphatic rings. The number of nitrogens with zero attached hydrogens (tertiary/aromatic N) is 3. The average Bonchev–Trinajstić information content (AvgIpc) is 2.84. The second kappa shape index (κ2) is 2.95. The topological polar surface area (TPSA) is 46.5 Å². The predicted molar refractivity (Wildman–Crippen MR) is 58.0 cm³/mol. The van der Waals surface area contributed by atoms with Gasteiger partial charge in [0.25, 0.3) is 0 Å². The Hall–Kier alpha value is -2.10. The van der Waals surface area contributed by atoms with Crippen molar-refractivity contribution in [2.45, 2.75) is 6.92 Å². The molecule has 0 saturated carbocycles. The average molecular weight is 198 g/mol. The van der Waals surface area contributed by atoms with Gasteiger partial charge in [0.1, 0.15) is 12.1 Å². The number of aryl methyl sites for hydroxylation is 1. The molecule has 0 radical (unpaired) electrons. The molecule has 74 valence electrons. The van der Waals surface area contributed by atoms with Crippen LogP contribution in [-0.4, -0.2) is 19.5 Å². The molecule has 0 aliphatic carbocycles. The standard InChI is InChI=1S/C11H10N4/c1-8-6-15(7-13-8)11-3-2-9-10(14-11)4-5-12-9/h2-7,12H,1H3. The Bertz CT molecular complexity index is 606. The van der Waals surface area contributed by atoms with E-state index in [2.05, 4.69) is 15.0 Å². The molecule has 0 amide bonds. The Morgan fingerprint density at radius 1 is 1.27 bits per heavy atom. The second-order valence-electron chi connectivity index (χ2n) is 3.50. The number of H-pyrrole nitrogens is 1. The van der Waals surface area contributed by atoms with Crippen molar-refractivity contribution in [3.63, 3.8) is 0 Å². The fourth-order valence-corrected chi connectivity index (χ4v) is 1.61. The number of aromatic nitrogens is 4. The van der Waals surface area contributed by atoms with E-state index < -0.39 is 0 Å². The normalized spacial score (nSPS) is 11.0. The quantitative estimate of drug-likeness (QED) is 0.650. The summed E-state index contributed by atoms with van der Waals surface area (Å²) in [5.74, 6) is 0.891. The minimum atomic E-state index is 0.891. The highest BCUT2D eigenvalue weighted by atomic mass is 15.1. The summed E-state index contributed by atoms with van der Waals surface area (Å²) in [5.41, 5.74) is 3.01. The fourth-order valence-electron chi connectivity index (χ4n) is 1.61. The number of fused-ring (bicyclic) bond motifs is 1.